The number of hydrogen-bond acceptors (Lipinski definition) is 8. The summed E-state index contributed by atoms with van der Waals surface area (Å²) >= 11 is 6.51. The minimum absolute atomic E-state index is 0.00508. The van der Waals surface area contributed by atoms with Crippen LogP contribution in [0.25, 0.3) is 0 Å². The third kappa shape index (κ3) is 5.23. The first-order chi connectivity index (χ1) is 20.6. The number of likely N-dealkylation sites (N-methyl/N-ethyl adjacent to an activating group) is 1. The Balaban J connectivity index is 1.37. The van der Waals surface area contributed by atoms with E-state index >= 15 is 4.39 Å². The van der Waals surface area contributed by atoms with Gasteiger partial charge in [-0.1, -0.05) is 30.3 Å². The van der Waals surface area contributed by atoms with E-state index < -0.39 is 35.5 Å². The molecule has 2 aromatic rings. The highest BCUT2D eigenvalue weighted by Gasteiger charge is 2.51. The summed E-state index contributed by atoms with van der Waals surface area (Å²) in [6.07, 6.45) is 1.05. The van der Waals surface area contributed by atoms with Crippen LogP contribution in [0.3, 0.4) is 0 Å². The molecule has 1 unspecified atom stereocenters. The molecule has 1 aromatic heterocycles. The molecule has 1 amide bonds. The first kappa shape index (κ1) is 29.7. The van der Waals surface area contributed by atoms with Gasteiger partial charge in [-0.2, -0.15) is 15.2 Å². The van der Waals surface area contributed by atoms with Gasteiger partial charge in [0.25, 0.3) is 5.91 Å². The van der Waals surface area contributed by atoms with Crippen LogP contribution in [0.4, 0.5) is 14.6 Å². The molecule has 5 atom stereocenters. The monoisotopic (exact) mass is 612 g/mol. The molecule has 2 saturated heterocycles. The van der Waals surface area contributed by atoms with Gasteiger partial charge in [0.15, 0.2) is 12.0 Å². The highest BCUT2D eigenvalue weighted by atomic mass is 35.5. The summed E-state index contributed by atoms with van der Waals surface area (Å²) in [5.74, 6) is -1.40. The van der Waals surface area contributed by atoms with Crippen LogP contribution in [0.15, 0.2) is 30.6 Å². The minimum Gasteiger partial charge on any atom is -0.462 e. The van der Waals surface area contributed by atoms with Crippen LogP contribution in [0, 0.1) is 11.3 Å². The molecule has 43 heavy (non-hydrogen) atoms. The minimum atomic E-state index is -1.43. The lowest BCUT2D eigenvalue weighted by Crippen LogP contribution is -2.55. The van der Waals surface area contributed by atoms with Gasteiger partial charge < -0.3 is 19.6 Å². The van der Waals surface area contributed by atoms with Crippen molar-refractivity contribution in [1.29, 1.82) is 5.26 Å². The zero-order chi connectivity index (χ0) is 30.5. The quantitative estimate of drug-likeness (QED) is 0.491. The Labute approximate surface area is 254 Å². The molecule has 0 bridgehead atoms. The summed E-state index contributed by atoms with van der Waals surface area (Å²) in [7, 11) is 1.91. The maximum Gasteiger partial charge on any atom is 0.318 e. The Hall–Kier alpha value is -3.33. The van der Waals surface area contributed by atoms with Crippen molar-refractivity contribution in [3.63, 3.8) is 0 Å². The van der Waals surface area contributed by atoms with Crippen molar-refractivity contribution in [2.45, 2.75) is 68.3 Å². The third-order valence-corrected chi connectivity index (χ3v) is 10.0. The fourth-order valence-corrected chi connectivity index (χ4v) is 7.70. The SMILES string of the molecule is C=C(F)C(=O)N1CCN(c2nc(OC[C@@H]3C[C@@H](O)CN3C)nc3c2CC[C@@]2(CCc4c(Cl)cccc42)C3F)C[C@@H]1CC#N. The standard InChI is InChI=1S/C31H35ClF2N6O3/c1-18(33)29(42)40-13-12-39(15-19(40)8-11-35)28-23-7-10-31(9-6-22-24(31)4-3-5-25(22)32)27(34)26(23)36-30(37-28)43-17-20-14-21(41)16-38(20)2/h3-5,19-21,27,41H,1,6-10,12-17H2,2H3/t19-,20-,21+,27?,31+/m0/s1. The van der Waals surface area contributed by atoms with Crippen molar-refractivity contribution in [3.05, 3.63) is 58.0 Å². The molecule has 6 rings (SSSR count). The lowest BCUT2D eigenvalue weighted by molar-refractivity contribution is -0.131. The van der Waals surface area contributed by atoms with Crippen LogP contribution in [0.2, 0.25) is 5.02 Å². The van der Waals surface area contributed by atoms with Gasteiger partial charge >= 0.3 is 6.01 Å². The number of ether oxygens (including phenoxy) is 1. The number of piperazine rings is 1. The largest absolute Gasteiger partial charge is 0.462 e. The van der Waals surface area contributed by atoms with E-state index in [1.807, 2.05) is 35.0 Å². The first-order valence-electron chi connectivity index (χ1n) is 14.7. The Morgan fingerprint density at radius 2 is 2.00 bits per heavy atom. The van der Waals surface area contributed by atoms with Gasteiger partial charge in [0, 0.05) is 48.2 Å². The summed E-state index contributed by atoms with van der Waals surface area (Å²) in [6.45, 7) is 4.58. The average Bonchev–Trinajstić information content (AvgIpc) is 3.53. The molecule has 3 heterocycles. The van der Waals surface area contributed by atoms with Gasteiger partial charge in [-0.25, -0.2) is 8.78 Å². The molecule has 9 nitrogen and oxygen atoms in total. The Kier molecular flexibility index (Phi) is 8.05. The number of amides is 1. The van der Waals surface area contributed by atoms with E-state index in [0.717, 1.165) is 11.1 Å². The van der Waals surface area contributed by atoms with E-state index in [4.69, 9.17) is 21.3 Å². The highest BCUT2D eigenvalue weighted by molar-refractivity contribution is 6.31. The molecule has 0 saturated carbocycles. The van der Waals surface area contributed by atoms with E-state index in [1.165, 1.54) is 4.90 Å². The van der Waals surface area contributed by atoms with Crippen LogP contribution < -0.4 is 9.64 Å². The number of alkyl halides is 1. The average molecular weight is 613 g/mol. The molecule has 2 fully saturated rings. The van der Waals surface area contributed by atoms with Crippen LogP contribution in [0.5, 0.6) is 6.01 Å². The summed E-state index contributed by atoms with van der Waals surface area (Å²) in [4.78, 5) is 27.2. The van der Waals surface area contributed by atoms with Crippen LogP contribution in [-0.2, 0) is 23.1 Å². The summed E-state index contributed by atoms with van der Waals surface area (Å²) in [5.41, 5.74) is 2.11. The van der Waals surface area contributed by atoms with Crippen molar-refractivity contribution >= 4 is 23.3 Å². The number of aromatic nitrogens is 2. The van der Waals surface area contributed by atoms with Gasteiger partial charge in [0.05, 0.1) is 30.3 Å². The summed E-state index contributed by atoms with van der Waals surface area (Å²) in [5, 5.41) is 20.2. The Bertz CT molecular complexity index is 1490. The molecule has 1 aromatic carbocycles. The number of hydrogen-bond donors (Lipinski definition) is 1. The molecule has 12 heteroatoms. The summed E-state index contributed by atoms with van der Waals surface area (Å²) in [6, 6.07) is 7.17. The smallest absolute Gasteiger partial charge is 0.318 e. The van der Waals surface area contributed by atoms with Crippen LogP contribution in [0.1, 0.15) is 54.2 Å². The number of likely N-dealkylation sites (tertiary alicyclic amines) is 1. The predicted molar refractivity (Wildman–Crippen MR) is 156 cm³/mol. The van der Waals surface area contributed by atoms with Crippen molar-refractivity contribution in [1.82, 2.24) is 19.8 Å². The van der Waals surface area contributed by atoms with E-state index in [2.05, 4.69) is 17.6 Å². The molecule has 0 radical (unpaired) electrons. The number of carbonyl (C=O) groups is 1. The first-order valence-corrected chi connectivity index (χ1v) is 15.1. The van der Waals surface area contributed by atoms with E-state index in [1.54, 1.807) is 0 Å². The lowest BCUT2D eigenvalue weighted by atomic mass is 9.68. The fraction of sp³-hybridized carbons (Fsp3) is 0.548. The number of fused-ring (bicyclic) bond motifs is 3. The molecule has 228 valence electrons. The second kappa shape index (κ2) is 11.6. The van der Waals surface area contributed by atoms with Gasteiger partial charge in [0.2, 0.25) is 0 Å². The van der Waals surface area contributed by atoms with Gasteiger partial charge in [0.1, 0.15) is 12.4 Å². The number of anilines is 1. The lowest BCUT2D eigenvalue weighted by Gasteiger charge is -2.43. The van der Waals surface area contributed by atoms with E-state index in [9.17, 15) is 19.6 Å². The fourth-order valence-electron chi connectivity index (χ4n) is 7.43. The number of aliphatic hydroxyl groups is 1. The normalized spacial score (nSPS) is 28.5. The number of nitriles is 1. The topological polar surface area (TPSA) is 106 Å². The van der Waals surface area contributed by atoms with Crippen molar-refractivity contribution < 1.29 is 23.4 Å². The number of carbonyl (C=O) groups excluding carboxylic acids is 1. The highest BCUT2D eigenvalue weighted by Crippen LogP contribution is 2.56. The molecular weight excluding hydrogens is 578 g/mol. The molecule has 1 N–H and O–H groups in total. The van der Waals surface area contributed by atoms with Crippen molar-refractivity contribution in [3.8, 4) is 12.1 Å². The number of rotatable bonds is 6. The number of β-amino-alcohol motifs (C(OH)–C–C–N with tert-alkyl or cyclic N) is 1. The van der Waals surface area contributed by atoms with Gasteiger partial charge in [-0.3, -0.25) is 9.69 Å². The zero-order valence-electron chi connectivity index (χ0n) is 24.1. The summed E-state index contributed by atoms with van der Waals surface area (Å²) < 4.78 is 36.9. The Morgan fingerprint density at radius 3 is 2.70 bits per heavy atom. The van der Waals surface area contributed by atoms with Gasteiger partial charge in [-0.15, -0.1) is 0 Å². The number of benzene rings is 1. The molecule has 4 aliphatic rings. The van der Waals surface area contributed by atoms with Crippen LogP contribution in [-0.4, -0.2) is 88.8 Å². The second-order valence-corrected chi connectivity index (χ2v) is 12.5. The maximum atomic E-state index is 17.0. The zero-order valence-corrected chi connectivity index (χ0v) is 24.9. The second-order valence-electron chi connectivity index (χ2n) is 12.1. The van der Waals surface area contributed by atoms with Gasteiger partial charge in [-0.05, 0) is 56.3 Å². The maximum absolute atomic E-state index is 17.0. The number of aliphatic hydroxyl groups excluding tert-OH is 1. The third-order valence-electron chi connectivity index (χ3n) is 9.69. The van der Waals surface area contributed by atoms with E-state index in [0.29, 0.717) is 61.6 Å². The molecule has 1 spiro atoms. The molecule has 2 aliphatic heterocycles. The predicted octanol–water partition coefficient (Wildman–Crippen LogP) is 3.83. The Morgan fingerprint density at radius 1 is 1.23 bits per heavy atom. The number of halogens is 3. The van der Waals surface area contributed by atoms with Crippen LogP contribution >= 0.6 is 11.6 Å². The van der Waals surface area contributed by atoms with E-state index in [-0.39, 0.29) is 43.9 Å². The molecular formula is C31H35ClF2N6O3. The molecule has 2 aliphatic carbocycles. The van der Waals surface area contributed by atoms with Crippen molar-refractivity contribution in [2.24, 2.45) is 0 Å². The number of nitrogens with zero attached hydrogens (tertiary/aromatic N) is 6. The van der Waals surface area contributed by atoms with Crippen molar-refractivity contribution in [2.75, 3.05) is 44.7 Å².